The van der Waals surface area contributed by atoms with Crippen LogP contribution in [0, 0.1) is 0 Å². The van der Waals surface area contributed by atoms with Crippen LogP contribution in [0.2, 0.25) is 0 Å². The van der Waals surface area contributed by atoms with E-state index in [4.69, 9.17) is 9.47 Å². The molecule has 7 nitrogen and oxygen atoms in total. The van der Waals surface area contributed by atoms with Gasteiger partial charge in [-0.25, -0.2) is 4.98 Å². The van der Waals surface area contributed by atoms with Gasteiger partial charge in [0.2, 0.25) is 5.88 Å². The van der Waals surface area contributed by atoms with Gasteiger partial charge in [0.25, 0.3) is 5.91 Å². The van der Waals surface area contributed by atoms with E-state index >= 15 is 0 Å². The van der Waals surface area contributed by atoms with E-state index in [0.29, 0.717) is 35.5 Å². The van der Waals surface area contributed by atoms with Crippen LogP contribution in [0.3, 0.4) is 0 Å². The average molecular weight is 439 g/mol. The van der Waals surface area contributed by atoms with Crippen molar-refractivity contribution in [3.63, 3.8) is 0 Å². The Morgan fingerprint density at radius 3 is 2.59 bits per heavy atom. The van der Waals surface area contributed by atoms with Gasteiger partial charge in [0, 0.05) is 61.8 Å². The molecular weight excluding hydrogens is 404 g/mol. The number of amides is 1. The van der Waals surface area contributed by atoms with Crippen LogP contribution in [0.5, 0.6) is 11.6 Å². The summed E-state index contributed by atoms with van der Waals surface area (Å²) >= 11 is 0. The minimum Gasteiger partial charge on any atom is -0.492 e. The Kier molecular flexibility index (Phi) is 7.15. The third kappa shape index (κ3) is 5.33. The minimum absolute atomic E-state index is 0.204. The number of nitrogens with one attached hydrogen (secondary N) is 1. The van der Waals surface area contributed by atoms with E-state index in [-0.39, 0.29) is 12.0 Å². The molecule has 2 aliphatic rings. The van der Waals surface area contributed by atoms with Gasteiger partial charge in [-0.1, -0.05) is 0 Å². The van der Waals surface area contributed by atoms with Crippen molar-refractivity contribution in [1.29, 1.82) is 0 Å². The van der Waals surface area contributed by atoms with Gasteiger partial charge in [-0.05, 0) is 58.2 Å². The van der Waals surface area contributed by atoms with E-state index in [2.05, 4.69) is 40.0 Å². The molecule has 1 saturated heterocycles. The van der Waals surface area contributed by atoms with Crippen LogP contribution in [-0.2, 0) is 0 Å². The molecule has 2 heterocycles. The van der Waals surface area contributed by atoms with Gasteiger partial charge in [-0.2, -0.15) is 0 Å². The molecule has 1 aromatic carbocycles. The summed E-state index contributed by atoms with van der Waals surface area (Å²) in [5, 5.41) is 3.00. The van der Waals surface area contributed by atoms with Crippen molar-refractivity contribution in [1.82, 2.24) is 9.88 Å². The molecule has 1 aliphatic carbocycles. The number of ether oxygens (including phenoxy) is 2. The highest BCUT2D eigenvalue weighted by molar-refractivity contribution is 6.05. The quantitative estimate of drug-likeness (QED) is 0.667. The number of anilines is 2. The fourth-order valence-electron chi connectivity index (χ4n) is 4.05. The van der Waals surface area contributed by atoms with Crippen LogP contribution < -0.4 is 19.7 Å². The molecule has 2 fully saturated rings. The summed E-state index contributed by atoms with van der Waals surface area (Å²) in [7, 11) is 0. The summed E-state index contributed by atoms with van der Waals surface area (Å²) in [5.74, 6) is 0.984. The van der Waals surface area contributed by atoms with Gasteiger partial charge < -0.3 is 19.7 Å². The van der Waals surface area contributed by atoms with E-state index in [0.717, 1.165) is 44.7 Å². The number of benzene rings is 1. The van der Waals surface area contributed by atoms with E-state index < -0.39 is 0 Å². The summed E-state index contributed by atoms with van der Waals surface area (Å²) in [6, 6.07) is 9.99. The third-order valence-electron chi connectivity index (χ3n) is 6.26. The lowest BCUT2D eigenvalue weighted by Crippen LogP contribution is -2.48. The van der Waals surface area contributed by atoms with Crippen LogP contribution in [0.1, 0.15) is 50.4 Å². The highest BCUT2D eigenvalue weighted by atomic mass is 16.5. The number of rotatable bonds is 8. The number of carbonyl (C=O) groups excluding carboxylic acids is 1. The largest absolute Gasteiger partial charge is 0.492 e. The standard InChI is InChI=1S/C25H34N4O3/c1-4-31-23-17-20(29-14-12-28(13-15-29)18(2)3)8-9-22(23)27-25(30)19-10-11-26-24(16-19)32-21-6-5-7-21/h8-11,16-18,21H,4-7,12-15H2,1-3H3,(H,27,30). The van der Waals surface area contributed by atoms with Crippen LogP contribution in [-0.4, -0.2) is 60.7 Å². The van der Waals surface area contributed by atoms with Gasteiger partial charge in [0.15, 0.2) is 0 Å². The first-order valence-electron chi connectivity index (χ1n) is 11.7. The molecule has 172 valence electrons. The van der Waals surface area contributed by atoms with Gasteiger partial charge in [0.1, 0.15) is 11.9 Å². The van der Waals surface area contributed by atoms with Crippen molar-refractivity contribution in [3.8, 4) is 11.6 Å². The van der Waals surface area contributed by atoms with E-state index in [1.165, 1.54) is 6.42 Å². The van der Waals surface area contributed by atoms with Crippen molar-refractivity contribution < 1.29 is 14.3 Å². The van der Waals surface area contributed by atoms with Crippen molar-refractivity contribution >= 4 is 17.3 Å². The third-order valence-corrected chi connectivity index (χ3v) is 6.26. The lowest BCUT2D eigenvalue weighted by Gasteiger charge is -2.38. The monoisotopic (exact) mass is 438 g/mol. The SMILES string of the molecule is CCOc1cc(N2CCN(C(C)C)CC2)ccc1NC(=O)c1ccnc(OC2CCC2)c1. The maximum absolute atomic E-state index is 12.9. The second-order valence-corrected chi connectivity index (χ2v) is 8.74. The highest BCUT2D eigenvalue weighted by Crippen LogP contribution is 2.31. The fraction of sp³-hybridized carbons (Fsp3) is 0.520. The first kappa shape index (κ1) is 22.4. The molecule has 0 spiro atoms. The van der Waals surface area contributed by atoms with Crippen LogP contribution >= 0.6 is 0 Å². The summed E-state index contributed by atoms with van der Waals surface area (Å²) in [6.45, 7) is 11.0. The number of piperazine rings is 1. The molecule has 0 unspecified atom stereocenters. The van der Waals surface area contributed by atoms with Crippen molar-refractivity contribution in [3.05, 3.63) is 42.1 Å². The van der Waals surface area contributed by atoms with Crippen molar-refractivity contribution in [2.75, 3.05) is 43.0 Å². The molecule has 2 aromatic rings. The zero-order valence-corrected chi connectivity index (χ0v) is 19.3. The molecule has 1 amide bonds. The Morgan fingerprint density at radius 2 is 1.94 bits per heavy atom. The molecule has 7 heteroatoms. The molecule has 1 N–H and O–H groups in total. The van der Waals surface area contributed by atoms with Crippen molar-refractivity contribution in [2.24, 2.45) is 0 Å². The molecule has 0 bridgehead atoms. The normalized spacial score (nSPS) is 17.2. The number of carbonyl (C=O) groups is 1. The Balaban J connectivity index is 1.45. The van der Waals surface area contributed by atoms with Gasteiger partial charge in [-0.3, -0.25) is 9.69 Å². The zero-order valence-electron chi connectivity index (χ0n) is 19.3. The number of nitrogens with zero attached hydrogens (tertiary/aromatic N) is 3. The maximum atomic E-state index is 12.9. The lowest BCUT2D eigenvalue weighted by molar-refractivity contribution is 0.101. The molecule has 4 rings (SSSR count). The second kappa shape index (κ2) is 10.2. The first-order valence-corrected chi connectivity index (χ1v) is 11.7. The zero-order chi connectivity index (χ0) is 22.5. The topological polar surface area (TPSA) is 66.9 Å². The molecule has 0 radical (unpaired) electrons. The predicted molar refractivity (Wildman–Crippen MR) is 127 cm³/mol. The van der Waals surface area contributed by atoms with Crippen molar-refractivity contribution in [2.45, 2.75) is 52.2 Å². The average Bonchev–Trinajstić information content (AvgIpc) is 2.78. The predicted octanol–water partition coefficient (Wildman–Crippen LogP) is 4.19. The summed E-state index contributed by atoms with van der Waals surface area (Å²) < 4.78 is 11.7. The summed E-state index contributed by atoms with van der Waals surface area (Å²) in [5.41, 5.74) is 2.31. The van der Waals surface area contributed by atoms with Gasteiger partial charge in [0.05, 0.1) is 12.3 Å². The molecule has 0 atom stereocenters. The smallest absolute Gasteiger partial charge is 0.256 e. The van der Waals surface area contributed by atoms with E-state index in [1.807, 2.05) is 19.1 Å². The van der Waals surface area contributed by atoms with Crippen LogP contribution in [0.4, 0.5) is 11.4 Å². The maximum Gasteiger partial charge on any atom is 0.256 e. The molecule has 1 saturated carbocycles. The van der Waals surface area contributed by atoms with Gasteiger partial charge >= 0.3 is 0 Å². The number of pyridine rings is 1. The Hall–Kier alpha value is -2.80. The summed E-state index contributed by atoms with van der Waals surface area (Å²) in [6.07, 6.45) is 5.13. The summed E-state index contributed by atoms with van der Waals surface area (Å²) in [4.78, 5) is 22.0. The molecule has 1 aliphatic heterocycles. The fourth-order valence-corrected chi connectivity index (χ4v) is 4.05. The number of aromatic nitrogens is 1. The van der Waals surface area contributed by atoms with Crippen LogP contribution in [0.25, 0.3) is 0 Å². The molecule has 1 aromatic heterocycles. The molecule has 32 heavy (non-hydrogen) atoms. The minimum atomic E-state index is -0.204. The van der Waals surface area contributed by atoms with Crippen LogP contribution in [0.15, 0.2) is 36.5 Å². The first-order chi connectivity index (χ1) is 15.5. The Labute approximate surface area is 190 Å². The number of hydrogen-bond donors (Lipinski definition) is 1. The Bertz CT molecular complexity index is 921. The second-order valence-electron chi connectivity index (χ2n) is 8.74. The van der Waals surface area contributed by atoms with E-state index in [1.54, 1.807) is 18.3 Å². The number of hydrogen-bond acceptors (Lipinski definition) is 6. The Morgan fingerprint density at radius 1 is 1.16 bits per heavy atom. The van der Waals surface area contributed by atoms with Gasteiger partial charge in [-0.15, -0.1) is 0 Å². The highest BCUT2D eigenvalue weighted by Gasteiger charge is 2.22. The van der Waals surface area contributed by atoms with E-state index in [9.17, 15) is 4.79 Å². The lowest BCUT2D eigenvalue weighted by atomic mass is 9.96. The molecular formula is C25H34N4O3.